The van der Waals surface area contributed by atoms with E-state index >= 15 is 0 Å². The van der Waals surface area contributed by atoms with E-state index in [1.165, 1.54) is 6.07 Å². The molecule has 10 heteroatoms. The molecule has 1 aromatic carbocycles. The van der Waals surface area contributed by atoms with Crippen molar-refractivity contribution in [3.05, 3.63) is 65.4 Å². The van der Waals surface area contributed by atoms with E-state index in [4.69, 9.17) is 5.73 Å². The Balaban J connectivity index is 1.48. The summed E-state index contributed by atoms with van der Waals surface area (Å²) in [6, 6.07) is 7.50. The highest BCUT2D eigenvalue weighted by atomic mass is 19.4. The second kappa shape index (κ2) is 7.72. The summed E-state index contributed by atoms with van der Waals surface area (Å²) in [7, 11) is 0. The van der Waals surface area contributed by atoms with Crippen molar-refractivity contribution in [2.75, 3.05) is 12.3 Å². The van der Waals surface area contributed by atoms with Gasteiger partial charge >= 0.3 is 6.18 Å². The maximum atomic E-state index is 13.5. The number of nitrogens with zero attached hydrogens (tertiary/aromatic N) is 5. The van der Waals surface area contributed by atoms with Gasteiger partial charge in [0.1, 0.15) is 17.2 Å². The summed E-state index contributed by atoms with van der Waals surface area (Å²) in [6.45, 7) is 2.50. The van der Waals surface area contributed by atoms with Crippen molar-refractivity contribution in [3.63, 3.8) is 0 Å². The molecule has 0 radical (unpaired) electrons. The normalized spacial score (nSPS) is 14.2. The van der Waals surface area contributed by atoms with Gasteiger partial charge in [0.2, 0.25) is 0 Å². The van der Waals surface area contributed by atoms with Crippen molar-refractivity contribution in [2.24, 2.45) is 5.92 Å². The van der Waals surface area contributed by atoms with Crippen LogP contribution in [0, 0.1) is 12.8 Å². The van der Waals surface area contributed by atoms with Crippen LogP contribution < -0.4 is 5.73 Å². The molecule has 0 aliphatic heterocycles. The molecule has 4 aromatic rings. The van der Waals surface area contributed by atoms with Crippen LogP contribution in [0.2, 0.25) is 0 Å². The van der Waals surface area contributed by atoms with E-state index in [1.54, 1.807) is 29.3 Å². The number of imidazole rings is 1. The van der Waals surface area contributed by atoms with Crippen molar-refractivity contribution in [1.29, 1.82) is 0 Å². The molecule has 170 valence electrons. The van der Waals surface area contributed by atoms with Crippen LogP contribution in [0.15, 0.2) is 42.7 Å². The molecular formula is C23H21F3N6O. The van der Waals surface area contributed by atoms with E-state index in [-0.39, 0.29) is 12.5 Å². The maximum absolute atomic E-state index is 13.5. The summed E-state index contributed by atoms with van der Waals surface area (Å²) >= 11 is 0. The fraction of sp³-hybridized carbons (Fsp3) is 0.304. The minimum absolute atomic E-state index is 0.130. The molecule has 5 rings (SSSR count). The lowest BCUT2D eigenvalue weighted by Crippen LogP contribution is -2.33. The minimum Gasteiger partial charge on any atom is -0.382 e. The Hall–Kier alpha value is -3.69. The predicted octanol–water partition coefficient (Wildman–Crippen LogP) is 4.24. The fourth-order valence-electron chi connectivity index (χ4n) is 3.94. The number of carbonyl (C=O) groups is 1. The van der Waals surface area contributed by atoms with E-state index in [2.05, 4.69) is 15.0 Å². The van der Waals surface area contributed by atoms with Crippen LogP contribution in [0.1, 0.15) is 40.3 Å². The highest BCUT2D eigenvalue weighted by Crippen LogP contribution is 2.32. The number of rotatable bonds is 5. The first-order valence-corrected chi connectivity index (χ1v) is 10.6. The zero-order valence-electron chi connectivity index (χ0n) is 17.8. The van der Waals surface area contributed by atoms with Gasteiger partial charge in [-0.3, -0.25) is 14.2 Å². The molecule has 0 bridgehead atoms. The Morgan fingerprint density at radius 2 is 1.94 bits per heavy atom. The van der Waals surface area contributed by atoms with E-state index in [0.717, 1.165) is 30.9 Å². The van der Waals surface area contributed by atoms with Crippen LogP contribution in [0.5, 0.6) is 0 Å². The molecule has 1 aliphatic carbocycles. The van der Waals surface area contributed by atoms with Gasteiger partial charge in [-0.2, -0.15) is 13.2 Å². The number of fused-ring (bicyclic) bond motifs is 3. The van der Waals surface area contributed by atoms with Gasteiger partial charge in [0.05, 0.1) is 35.0 Å². The van der Waals surface area contributed by atoms with Gasteiger partial charge in [0, 0.05) is 18.3 Å². The lowest BCUT2D eigenvalue weighted by atomic mass is 10.1. The molecule has 3 heterocycles. The van der Waals surface area contributed by atoms with E-state index < -0.39 is 11.7 Å². The van der Waals surface area contributed by atoms with Crippen molar-refractivity contribution >= 4 is 28.3 Å². The van der Waals surface area contributed by atoms with Crippen LogP contribution >= 0.6 is 0 Å². The summed E-state index contributed by atoms with van der Waals surface area (Å²) in [5, 5.41) is 0. The number of carbonyl (C=O) groups excluding carboxylic acids is 1. The largest absolute Gasteiger partial charge is 0.417 e. The van der Waals surface area contributed by atoms with Gasteiger partial charge in [-0.15, -0.1) is 0 Å². The van der Waals surface area contributed by atoms with Crippen LogP contribution in [0.4, 0.5) is 19.0 Å². The Morgan fingerprint density at radius 3 is 2.61 bits per heavy atom. The minimum atomic E-state index is -4.45. The molecule has 3 aromatic heterocycles. The molecule has 2 N–H and O–H groups in total. The topological polar surface area (TPSA) is 89.4 Å². The number of aromatic nitrogens is 4. The number of benzene rings is 1. The Kier molecular flexibility index (Phi) is 4.95. The summed E-state index contributed by atoms with van der Waals surface area (Å²) in [5.74, 6) is 1.25. The SMILES string of the molecule is Cc1ncc2c(N)nc3ccc(C(=O)N(Cc4ccc(C(F)(F)F)cn4)CC4CC4)cc3n12. The Bertz CT molecular complexity index is 1360. The molecule has 0 saturated heterocycles. The lowest BCUT2D eigenvalue weighted by Gasteiger charge is -2.23. The third kappa shape index (κ3) is 4.08. The number of nitrogen functional groups attached to an aromatic ring is 1. The maximum Gasteiger partial charge on any atom is 0.417 e. The number of anilines is 1. The van der Waals surface area contributed by atoms with Crippen molar-refractivity contribution in [2.45, 2.75) is 32.5 Å². The predicted molar refractivity (Wildman–Crippen MR) is 116 cm³/mol. The number of aryl methyl sites for hydroxylation is 1. The number of pyridine rings is 1. The Morgan fingerprint density at radius 1 is 1.15 bits per heavy atom. The smallest absolute Gasteiger partial charge is 0.382 e. The van der Waals surface area contributed by atoms with Crippen LogP contribution in [-0.2, 0) is 12.7 Å². The van der Waals surface area contributed by atoms with E-state index in [1.807, 2.05) is 11.3 Å². The van der Waals surface area contributed by atoms with Crippen molar-refractivity contribution < 1.29 is 18.0 Å². The summed E-state index contributed by atoms with van der Waals surface area (Å²) in [4.78, 5) is 27.8. The third-order valence-corrected chi connectivity index (χ3v) is 5.87. The number of alkyl halides is 3. The molecule has 0 unspecified atom stereocenters. The van der Waals surface area contributed by atoms with Crippen molar-refractivity contribution in [3.8, 4) is 0 Å². The zero-order valence-corrected chi connectivity index (χ0v) is 17.8. The van der Waals surface area contributed by atoms with Crippen LogP contribution in [-0.4, -0.2) is 36.7 Å². The molecule has 0 atom stereocenters. The Labute approximate surface area is 187 Å². The molecule has 1 aliphatic rings. The second-order valence-electron chi connectivity index (χ2n) is 8.39. The number of hydrogen-bond donors (Lipinski definition) is 1. The van der Waals surface area contributed by atoms with Crippen LogP contribution in [0.3, 0.4) is 0 Å². The molecule has 7 nitrogen and oxygen atoms in total. The first kappa shape index (κ1) is 21.2. The first-order valence-electron chi connectivity index (χ1n) is 10.6. The average Bonchev–Trinajstić information content (AvgIpc) is 3.51. The highest BCUT2D eigenvalue weighted by molar-refractivity contribution is 5.98. The van der Waals surface area contributed by atoms with Crippen LogP contribution in [0.25, 0.3) is 16.6 Å². The van der Waals surface area contributed by atoms with Gasteiger partial charge in [-0.05, 0) is 56.0 Å². The average molecular weight is 454 g/mol. The summed E-state index contributed by atoms with van der Waals surface area (Å²) in [5.41, 5.74) is 8.09. The fourth-order valence-corrected chi connectivity index (χ4v) is 3.94. The van der Waals surface area contributed by atoms with E-state index in [0.29, 0.717) is 46.1 Å². The molecule has 0 spiro atoms. The molecular weight excluding hydrogens is 433 g/mol. The quantitative estimate of drug-likeness (QED) is 0.487. The standard InChI is InChI=1S/C23H21F3N6O/c1-13-28-10-20-21(27)30-18-7-4-15(8-19(18)32(13)20)22(33)31(11-14-2-3-14)12-17-6-5-16(9-29-17)23(24,25)26/h4-10,14H,2-3,11-12H2,1H3,(H2,27,30). The molecule has 1 saturated carbocycles. The van der Waals surface area contributed by atoms with Crippen molar-refractivity contribution in [1.82, 2.24) is 24.3 Å². The highest BCUT2D eigenvalue weighted by Gasteiger charge is 2.31. The van der Waals surface area contributed by atoms with Gasteiger partial charge in [-0.1, -0.05) is 0 Å². The monoisotopic (exact) mass is 454 g/mol. The molecule has 1 fully saturated rings. The van der Waals surface area contributed by atoms with E-state index in [9.17, 15) is 18.0 Å². The van der Waals surface area contributed by atoms with Gasteiger partial charge in [-0.25, -0.2) is 9.97 Å². The van der Waals surface area contributed by atoms with Gasteiger partial charge in [0.25, 0.3) is 5.91 Å². The molecule has 33 heavy (non-hydrogen) atoms. The lowest BCUT2D eigenvalue weighted by molar-refractivity contribution is -0.137. The number of halogens is 3. The first-order chi connectivity index (χ1) is 15.7. The van der Waals surface area contributed by atoms with Gasteiger partial charge < -0.3 is 10.6 Å². The number of amides is 1. The molecule has 1 amide bonds. The summed E-state index contributed by atoms with van der Waals surface area (Å²) in [6.07, 6.45) is 0.0510. The summed E-state index contributed by atoms with van der Waals surface area (Å²) < 4.78 is 40.4. The van der Waals surface area contributed by atoms with Gasteiger partial charge in [0.15, 0.2) is 0 Å². The number of hydrogen-bond acceptors (Lipinski definition) is 5. The third-order valence-electron chi connectivity index (χ3n) is 5.87. The zero-order chi connectivity index (χ0) is 23.3. The second-order valence-corrected chi connectivity index (χ2v) is 8.39. The number of nitrogens with two attached hydrogens (primary N) is 1.